The van der Waals surface area contributed by atoms with Gasteiger partial charge in [-0.2, -0.15) is 0 Å². The van der Waals surface area contributed by atoms with E-state index in [9.17, 15) is 4.79 Å². The summed E-state index contributed by atoms with van der Waals surface area (Å²) in [7, 11) is 1.27. The SMILES string of the molecule is COC(=O)c1cnc(-c2cccnc2)nc1N. The Balaban J connectivity index is 2.41. The number of esters is 1. The van der Waals surface area contributed by atoms with Gasteiger partial charge in [0.15, 0.2) is 5.82 Å². The molecule has 2 rings (SSSR count). The number of nitrogen functional groups attached to an aromatic ring is 1. The summed E-state index contributed by atoms with van der Waals surface area (Å²) < 4.78 is 4.55. The second kappa shape index (κ2) is 4.56. The molecule has 2 aromatic rings. The Kier molecular flexibility index (Phi) is 2.95. The maximum Gasteiger partial charge on any atom is 0.343 e. The van der Waals surface area contributed by atoms with Crippen molar-refractivity contribution in [2.75, 3.05) is 12.8 Å². The van der Waals surface area contributed by atoms with Crippen molar-refractivity contribution in [3.63, 3.8) is 0 Å². The van der Waals surface area contributed by atoms with Crippen LogP contribution in [-0.4, -0.2) is 28.0 Å². The predicted octanol–water partition coefficient (Wildman–Crippen LogP) is 0.907. The Labute approximate surface area is 97.5 Å². The highest BCUT2D eigenvalue weighted by Gasteiger charge is 2.13. The molecule has 0 unspecified atom stereocenters. The number of carbonyl (C=O) groups is 1. The summed E-state index contributed by atoms with van der Waals surface area (Å²) in [5.74, 6) is -0.0470. The normalized spacial score (nSPS) is 9.94. The van der Waals surface area contributed by atoms with Gasteiger partial charge in [0.1, 0.15) is 11.4 Å². The molecule has 0 spiro atoms. The van der Waals surface area contributed by atoms with E-state index >= 15 is 0 Å². The molecule has 0 fully saturated rings. The molecule has 2 heterocycles. The van der Waals surface area contributed by atoms with Crippen molar-refractivity contribution < 1.29 is 9.53 Å². The van der Waals surface area contributed by atoms with Crippen molar-refractivity contribution in [3.05, 3.63) is 36.3 Å². The van der Waals surface area contributed by atoms with Crippen LogP contribution >= 0.6 is 0 Å². The lowest BCUT2D eigenvalue weighted by Gasteiger charge is -2.04. The zero-order valence-electron chi connectivity index (χ0n) is 9.12. The van der Waals surface area contributed by atoms with Crippen LogP contribution in [-0.2, 0) is 4.74 Å². The van der Waals surface area contributed by atoms with Crippen LogP contribution in [0.1, 0.15) is 10.4 Å². The van der Waals surface area contributed by atoms with Crippen LogP contribution in [0.2, 0.25) is 0 Å². The molecular weight excluding hydrogens is 220 g/mol. The van der Waals surface area contributed by atoms with Gasteiger partial charge in [-0.1, -0.05) is 0 Å². The number of nitrogens with two attached hydrogens (primary N) is 1. The third-order valence-corrected chi connectivity index (χ3v) is 2.14. The van der Waals surface area contributed by atoms with E-state index in [0.29, 0.717) is 5.82 Å². The zero-order valence-corrected chi connectivity index (χ0v) is 9.12. The van der Waals surface area contributed by atoms with Gasteiger partial charge in [-0.25, -0.2) is 14.8 Å². The number of hydrogen-bond donors (Lipinski definition) is 1. The Morgan fingerprint density at radius 3 is 2.82 bits per heavy atom. The number of pyridine rings is 1. The molecule has 0 amide bonds. The summed E-state index contributed by atoms with van der Waals surface area (Å²) in [6.07, 6.45) is 4.61. The second-order valence-corrected chi connectivity index (χ2v) is 3.23. The number of hydrogen-bond acceptors (Lipinski definition) is 6. The average molecular weight is 230 g/mol. The van der Waals surface area contributed by atoms with Crippen LogP contribution in [0.25, 0.3) is 11.4 Å². The summed E-state index contributed by atoms with van der Waals surface area (Å²) in [4.78, 5) is 23.3. The van der Waals surface area contributed by atoms with Crippen molar-refractivity contribution in [2.45, 2.75) is 0 Å². The van der Waals surface area contributed by atoms with Gasteiger partial charge in [0.2, 0.25) is 0 Å². The monoisotopic (exact) mass is 230 g/mol. The molecule has 0 aromatic carbocycles. The first kappa shape index (κ1) is 11.0. The van der Waals surface area contributed by atoms with E-state index in [-0.39, 0.29) is 11.4 Å². The summed E-state index contributed by atoms with van der Waals surface area (Å²) in [5, 5.41) is 0. The van der Waals surface area contributed by atoms with E-state index in [1.54, 1.807) is 24.5 Å². The van der Waals surface area contributed by atoms with Gasteiger partial charge in [0, 0.05) is 24.2 Å². The van der Waals surface area contributed by atoms with Gasteiger partial charge in [-0.15, -0.1) is 0 Å². The summed E-state index contributed by atoms with van der Waals surface area (Å²) in [6.45, 7) is 0. The third-order valence-electron chi connectivity index (χ3n) is 2.14. The van der Waals surface area contributed by atoms with Crippen LogP contribution in [0.5, 0.6) is 0 Å². The van der Waals surface area contributed by atoms with Crippen LogP contribution in [0.15, 0.2) is 30.7 Å². The molecule has 0 aliphatic rings. The van der Waals surface area contributed by atoms with Gasteiger partial charge >= 0.3 is 5.97 Å². The standard InChI is InChI=1S/C11H10N4O2/c1-17-11(16)8-6-14-10(15-9(8)12)7-3-2-4-13-5-7/h2-6H,1H3,(H2,12,14,15). The predicted molar refractivity (Wildman–Crippen MR) is 61.0 cm³/mol. The molecule has 0 aliphatic heterocycles. The minimum atomic E-state index is -0.555. The van der Waals surface area contributed by atoms with Crippen LogP contribution in [0.3, 0.4) is 0 Å². The molecule has 0 saturated heterocycles. The quantitative estimate of drug-likeness (QED) is 0.771. The maximum atomic E-state index is 11.3. The van der Waals surface area contributed by atoms with Gasteiger partial charge in [-0.3, -0.25) is 4.98 Å². The van der Waals surface area contributed by atoms with E-state index in [1.165, 1.54) is 13.3 Å². The first-order chi connectivity index (χ1) is 8.22. The summed E-state index contributed by atoms with van der Waals surface area (Å²) in [6, 6.07) is 3.57. The smallest absolute Gasteiger partial charge is 0.343 e. The Morgan fingerprint density at radius 1 is 1.41 bits per heavy atom. The van der Waals surface area contributed by atoms with Crippen LogP contribution in [0, 0.1) is 0 Å². The molecule has 2 aromatic heterocycles. The van der Waals surface area contributed by atoms with Gasteiger partial charge < -0.3 is 10.5 Å². The lowest BCUT2D eigenvalue weighted by molar-refractivity contribution is 0.0601. The fraction of sp³-hybridized carbons (Fsp3) is 0.0909. The van der Waals surface area contributed by atoms with E-state index in [1.807, 2.05) is 0 Å². The highest BCUT2D eigenvalue weighted by molar-refractivity contribution is 5.93. The summed E-state index contributed by atoms with van der Waals surface area (Å²) >= 11 is 0. The number of ether oxygens (including phenoxy) is 1. The maximum absolute atomic E-state index is 11.3. The molecule has 0 radical (unpaired) electrons. The van der Waals surface area contributed by atoms with Gasteiger partial charge in [-0.05, 0) is 12.1 Å². The molecule has 0 aliphatic carbocycles. The van der Waals surface area contributed by atoms with E-state index in [0.717, 1.165) is 5.56 Å². The lowest BCUT2D eigenvalue weighted by atomic mass is 10.2. The number of anilines is 1. The molecule has 6 nitrogen and oxygen atoms in total. The molecule has 0 saturated carbocycles. The Morgan fingerprint density at radius 2 is 2.24 bits per heavy atom. The fourth-order valence-corrected chi connectivity index (χ4v) is 1.30. The second-order valence-electron chi connectivity index (χ2n) is 3.23. The minimum Gasteiger partial charge on any atom is -0.465 e. The van der Waals surface area contributed by atoms with Crippen LogP contribution in [0.4, 0.5) is 5.82 Å². The van der Waals surface area contributed by atoms with Crippen molar-refractivity contribution >= 4 is 11.8 Å². The number of rotatable bonds is 2. The van der Waals surface area contributed by atoms with Crippen LogP contribution < -0.4 is 5.73 Å². The topological polar surface area (TPSA) is 91.0 Å². The first-order valence-electron chi connectivity index (χ1n) is 4.83. The van der Waals surface area contributed by atoms with E-state index in [4.69, 9.17) is 5.73 Å². The number of aromatic nitrogens is 3. The van der Waals surface area contributed by atoms with Crippen molar-refractivity contribution in [1.29, 1.82) is 0 Å². The first-order valence-corrected chi connectivity index (χ1v) is 4.83. The largest absolute Gasteiger partial charge is 0.465 e. The van der Waals surface area contributed by atoms with Gasteiger partial charge in [0.25, 0.3) is 0 Å². The van der Waals surface area contributed by atoms with Gasteiger partial charge in [0.05, 0.1) is 7.11 Å². The highest BCUT2D eigenvalue weighted by Crippen LogP contribution is 2.16. The molecule has 0 atom stereocenters. The fourth-order valence-electron chi connectivity index (χ4n) is 1.30. The third kappa shape index (κ3) is 2.20. The van der Waals surface area contributed by atoms with E-state index < -0.39 is 5.97 Å². The zero-order chi connectivity index (χ0) is 12.3. The molecular formula is C11H10N4O2. The minimum absolute atomic E-state index is 0.0886. The molecule has 17 heavy (non-hydrogen) atoms. The highest BCUT2D eigenvalue weighted by atomic mass is 16.5. The van der Waals surface area contributed by atoms with Crippen molar-refractivity contribution in [1.82, 2.24) is 15.0 Å². The van der Waals surface area contributed by atoms with E-state index in [2.05, 4.69) is 19.7 Å². The van der Waals surface area contributed by atoms with Crippen molar-refractivity contribution in [2.24, 2.45) is 0 Å². The molecule has 6 heteroatoms. The number of methoxy groups -OCH3 is 1. The Bertz CT molecular complexity index is 542. The van der Waals surface area contributed by atoms with Crippen molar-refractivity contribution in [3.8, 4) is 11.4 Å². The summed E-state index contributed by atoms with van der Waals surface area (Å²) in [5.41, 5.74) is 6.55. The number of carbonyl (C=O) groups excluding carboxylic acids is 1. The molecule has 86 valence electrons. The average Bonchev–Trinajstić information content (AvgIpc) is 2.39. The molecule has 2 N–H and O–H groups in total. The molecule has 0 bridgehead atoms. The lowest BCUT2D eigenvalue weighted by Crippen LogP contribution is -2.09. The number of nitrogens with zero attached hydrogens (tertiary/aromatic N) is 3. The Hall–Kier alpha value is -2.50.